The first-order valence-electron chi connectivity index (χ1n) is 11.6. The second-order valence-corrected chi connectivity index (χ2v) is 9.53. The number of nitrogens with two attached hydrogens (primary N) is 1. The van der Waals surface area contributed by atoms with Crippen molar-refractivity contribution in [3.63, 3.8) is 0 Å². The zero-order chi connectivity index (χ0) is 23.9. The number of carbonyl (C=O) groups excluding carboxylic acids is 3. The van der Waals surface area contributed by atoms with Crippen molar-refractivity contribution in [1.29, 1.82) is 5.26 Å². The summed E-state index contributed by atoms with van der Waals surface area (Å²) in [4.78, 5) is 45.2. The van der Waals surface area contributed by atoms with Crippen LogP contribution in [-0.2, 0) is 9.59 Å². The molecule has 0 aromatic heterocycles. The second-order valence-electron chi connectivity index (χ2n) is 9.53. The lowest BCUT2D eigenvalue weighted by atomic mass is 10.0. The van der Waals surface area contributed by atoms with Gasteiger partial charge in [-0.3, -0.25) is 19.3 Å². The summed E-state index contributed by atoms with van der Waals surface area (Å²) >= 11 is 0. The number of rotatable bonds is 6. The Labute approximate surface area is 194 Å². The lowest BCUT2D eigenvalue weighted by molar-refractivity contribution is -0.140. The Bertz CT molecular complexity index is 971. The van der Waals surface area contributed by atoms with Gasteiger partial charge in [-0.2, -0.15) is 5.26 Å². The third-order valence-electron chi connectivity index (χ3n) is 7.21. The molecule has 3 heterocycles. The first kappa shape index (κ1) is 23.2. The van der Waals surface area contributed by atoms with E-state index in [1.54, 1.807) is 31.1 Å². The van der Waals surface area contributed by atoms with E-state index < -0.39 is 12.1 Å². The van der Waals surface area contributed by atoms with Gasteiger partial charge in [0, 0.05) is 45.3 Å². The van der Waals surface area contributed by atoms with Crippen LogP contribution in [0.25, 0.3) is 0 Å². The Morgan fingerprint density at radius 2 is 1.97 bits per heavy atom. The van der Waals surface area contributed by atoms with Crippen molar-refractivity contribution in [3.8, 4) is 6.07 Å². The summed E-state index contributed by atoms with van der Waals surface area (Å²) in [7, 11) is 3.44. The Morgan fingerprint density at radius 1 is 1.27 bits per heavy atom. The van der Waals surface area contributed by atoms with Crippen LogP contribution < -0.4 is 5.73 Å². The van der Waals surface area contributed by atoms with E-state index in [0.717, 1.165) is 18.4 Å². The smallest absolute Gasteiger partial charge is 0.253 e. The van der Waals surface area contributed by atoms with E-state index in [0.29, 0.717) is 31.6 Å². The van der Waals surface area contributed by atoms with Crippen molar-refractivity contribution < 1.29 is 14.4 Å². The van der Waals surface area contributed by atoms with Gasteiger partial charge in [-0.1, -0.05) is 12.1 Å². The van der Waals surface area contributed by atoms with Crippen LogP contribution >= 0.6 is 0 Å². The summed E-state index contributed by atoms with van der Waals surface area (Å²) < 4.78 is 0. The third kappa shape index (κ3) is 4.21. The Hall–Kier alpha value is -2.96. The molecule has 3 aliphatic heterocycles. The average Bonchev–Trinajstić information content (AvgIpc) is 3.52. The van der Waals surface area contributed by atoms with Crippen molar-refractivity contribution in [1.82, 2.24) is 19.6 Å². The fourth-order valence-corrected chi connectivity index (χ4v) is 5.43. The van der Waals surface area contributed by atoms with Gasteiger partial charge >= 0.3 is 0 Å². The molecule has 2 N–H and O–H groups in total. The number of benzene rings is 1. The quantitative estimate of drug-likeness (QED) is 0.675. The summed E-state index contributed by atoms with van der Waals surface area (Å²) in [6.07, 6.45) is 2.24. The Kier molecular flexibility index (Phi) is 6.41. The summed E-state index contributed by atoms with van der Waals surface area (Å²) in [6.45, 7) is 3.58. The lowest BCUT2D eigenvalue weighted by Gasteiger charge is -2.38. The summed E-state index contributed by atoms with van der Waals surface area (Å²) in [5, 5.41) is 9.25. The fourth-order valence-electron chi connectivity index (χ4n) is 5.43. The van der Waals surface area contributed by atoms with Crippen molar-refractivity contribution in [2.75, 3.05) is 33.7 Å². The molecule has 33 heavy (non-hydrogen) atoms. The van der Waals surface area contributed by atoms with E-state index in [9.17, 15) is 19.6 Å². The van der Waals surface area contributed by atoms with E-state index >= 15 is 0 Å². The van der Waals surface area contributed by atoms with Crippen LogP contribution in [0.4, 0.5) is 0 Å². The maximum absolute atomic E-state index is 13.2. The zero-order valence-electron chi connectivity index (χ0n) is 19.5. The number of piperazine rings is 1. The van der Waals surface area contributed by atoms with Gasteiger partial charge in [-0.25, -0.2) is 0 Å². The molecular formula is C24H32N6O3. The van der Waals surface area contributed by atoms with Crippen LogP contribution in [0.2, 0.25) is 0 Å². The van der Waals surface area contributed by atoms with Gasteiger partial charge in [0.05, 0.1) is 24.2 Å². The summed E-state index contributed by atoms with van der Waals surface area (Å²) in [6, 6.07) is 8.18. The number of fused-ring (bicyclic) bond motifs is 2. The molecule has 5 atom stereocenters. The number of carbonyl (C=O) groups is 3. The van der Waals surface area contributed by atoms with Gasteiger partial charge in [0.1, 0.15) is 6.04 Å². The molecule has 0 unspecified atom stereocenters. The molecular weight excluding hydrogens is 420 g/mol. The van der Waals surface area contributed by atoms with Gasteiger partial charge in [0.2, 0.25) is 11.8 Å². The standard InChI is InChI=1S/C24H32N6O3/c1-15(16-6-8-17(9-7-16)22(31)27(2)3)30-19-11-21(24(30)33)28(13-19)14-20(26)23(32)29-10-4-5-18(29)12-25/h6-9,15,18-21H,4-5,10-11,13-14,26H2,1-3H3/t15-,18+,19+,20+,21+/m1/s1. The molecule has 3 saturated heterocycles. The summed E-state index contributed by atoms with van der Waals surface area (Å²) in [5.41, 5.74) is 7.82. The molecule has 9 heteroatoms. The number of amides is 3. The highest BCUT2D eigenvalue weighted by molar-refractivity contribution is 5.94. The van der Waals surface area contributed by atoms with Crippen LogP contribution in [-0.4, -0.2) is 95.2 Å². The van der Waals surface area contributed by atoms with E-state index in [1.165, 1.54) is 4.90 Å². The van der Waals surface area contributed by atoms with Crippen LogP contribution in [0.15, 0.2) is 24.3 Å². The lowest BCUT2D eigenvalue weighted by Crippen LogP contribution is -2.56. The monoisotopic (exact) mass is 452 g/mol. The van der Waals surface area contributed by atoms with Gasteiger partial charge in [0.25, 0.3) is 5.91 Å². The number of nitriles is 1. The molecule has 0 saturated carbocycles. The molecule has 3 aliphatic rings. The van der Waals surface area contributed by atoms with Crippen molar-refractivity contribution in [3.05, 3.63) is 35.4 Å². The average molecular weight is 453 g/mol. The van der Waals surface area contributed by atoms with Crippen molar-refractivity contribution >= 4 is 17.7 Å². The highest BCUT2D eigenvalue weighted by Crippen LogP contribution is 2.38. The molecule has 0 radical (unpaired) electrons. The van der Waals surface area contributed by atoms with Crippen LogP contribution in [0.5, 0.6) is 0 Å². The van der Waals surface area contributed by atoms with Crippen LogP contribution in [0, 0.1) is 11.3 Å². The predicted molar refractivity (Wildman–Crippen MR) is 122 cm³/mol. The van der Waals surface area contributed by atoms with E-state index in [4.69, 9.17) is 5.73 Å². The highest BCUT2D eigenvalue weighted by Gasteiger charge is 2.51. The molecule has 1 aromatic rings. The predicted octanol–water partition coefficient (Wildman–Crippen LogP) is 0.576. The van der Waals surface area contributed by atoms with Gasteiger partial charge in [-0.15, -0.1) is 0 Å². The van der Waals surface area contributed by atoms with Crippen molar-refractivity contribution in [2.24, 2.45) is 5.73 Å². The van der Waals surface area contributed by atoms with Crippen molar-refractivity contribution in [2.45, 2.75) is 56.4 Å². The maximum Gasteiger partial charge on any atom is 0.253 e. The zero-order valence-corrected chi connectivity index (χ0v) is 19.5. The Morgan fingerprint density at radius 3 is 2.58 bits per heavy atom. The first-order chi connectivity index (χ1) is 15.7. The molecule has 9 nitrogen and oxygen atoms in total. The minimum Gasteiger partial charge on any atom is -0.345 e. The molecule has 0 aliphatic carbocycles. The molecule has 2 bridgehead atoms. The van der Waals surface area contributed by atoms with E-state index in [2.05, 4.69) is 6.07 Å². The Balaban J connectivity index is 1.38. The van der Waals surface area contributed by atoms with E-state index in [1.807, 2.05) is 28.9 Å². The molecule has 3 amide bonds. The third-order valence-corrected chi connectivity index (χ3v) is 7.21. The van der Waals surface area contributed by atoms with E-state index in [-0.39, 0.29) is 35.8 Å². The first-order valence-corrected chi connectivity index (χ1v) is 11.6. The topological polar surface area (TPSA) is 114 Å². The number of nitrogens with zero attached hydrogens (tertiary/aromatic N) is 5. The van der Waals surface area contributed by atoms with Crippen LogP contribution in [0.1, 0.15) is 48.1 Å². The molecule has 4 rings (SSSR count). The number of likely N-dealkylation sites (tertiary alicyclic amines) is 3. The molecule has 3 fully saturated rings. The SMILES string of the molecule is C[C@H](c1ccc(C(=O)N(C)C)cc1)N1C(=O)[C@@H]2C[C@H]1CN2C[C@H](N)C(=O)N1CCC[C@H]1C#N. The minimum atomic E-state index is -0.737. The molecule has 176 valence electrons. The van der Waals surface area contributed by atoms with Gasteiger partial charge < -0.3 is 20.4 Å². The van der Waals surface area contributed by atoms with Crippen LogP contribution in [0.3, 0.4) is 0 Å². The fraction of sp³-hybridized carbons (Fsp3) is 0.583. The minimum absolute atomic E-state index is 0.0537. The highest BCUT2D eigenvalue weighted by atomic mass is 16.2. The second kappa shape index (κ2) is 9.12. The van der Waals surface area contributed by atoms with Gasteiger partial charge in [-0.05, 0) is 43.9 Å². The largest absolute Gasteiger partial charge is 0.345 e. The molecule has 0 spiro atoms. The van der Waals surface area contributed by atoms with Gasteiger partial charge in [0.15, 0.2) is 0 Å². The normalized spacial score (nSPS) is 26.4. The number of hydrogen-bond acceptors (Lipinski definition) is 6. The number of hydrogen-bond donors (Lipinski definition) is 1. The summed E-state index contributed by atoms with van der Waals surface area (Å²) in [5.74, 6) is -0.197. The maximum atomic E-state index is 13.2. The molecule has 1 aromatic carbocycles.